The van der Waals surface area contributed by atoms with Crippen LogP contribution in [0.25, 0.3) is 0 Å². The third-order valence-electron chi connectivity index (χ3n) is 2.31. The Hall–Kier alpha value is -1.75. The molecule has 0 bridgehead atoms. The standard InChI is InChI=1S/C12H17NO4/c1-3-17-12-8(9(13)7-11(14)15)5-4-6-10(12)16-2/h4-6,9H,3,7,13H2,1-2H3,(H,14,15). The van der Waals surface area contributed by atoms with Crippen molar-refractivity contribution in [3.05, 3.63) is 23.8 Å². The maximum Gasteiger partial charge on any atom is 0.305 e. The summed E-state index contributed by atoms with van der Waals surface area (Å²) in [5, 5.41) is 8.74. The summed E-state index contributed by atoms with van der Waals surface area (Å²) in [5.74, 6) is 0.138. The fourth-order valence-corrected chi connectivity index (χ4v) is 1.58. The average Bonchev–Trinajstić information content (AvgIpc) is 2.28. The van der Waals surface area contributed by atoms with E-state index < -0.39 is 12.0 Å². The lowest BCUT2D eigenvalue weighted by Crippen LogP contribution is -2.16. The van der Waals surface area contributed by atoms with Crippen LogP contribution in [0.2, 0.25) is 0 Å². The highest BCUT2D eigenvalue weighted by molar-refractivity contribution is 5.68. The SMILES string of the molecule is CCOc1c(OC)cccc1C(N)CC(=O)O. The lowest BCUT2D eigenvalue weighted by Gasteiger charge is -2.17. The highest BCUT2D eigenvalue weighted by Gasteiger charge is 2.18. The van der Waals surface area contributed by atoms with Gasteiger partial charge in [-0.25, -0.2) is 0 Å². The molecule has 1 aromatic carbocycles. The van der Waals surface area contributed by atoms with Crippen LogP contribution in [0.1, 0.15) is 24.9 Å². The Morgan fingerprint density at radius 2 is 2.24 bits per heavy atom. The lowest BCUT2D eigenvalue weighted by atomic mass is 10.0. The predicted molar refractivity (Wildman–Crippen MR) is 63.3 cm³/mol. The Morgan fingerprint density at radius 1 is 1.53 bits per heavy atom. The van der Waals surface area contributed by atoms with Gasteiger partial charge in [-0.3, -0.25) is 4.79 Å². The number of aliphatic carboxylic acids is 1. The molecule has 1 atom stereocenters. The molecule has 0 spiro atoms. The molecule has 0 radical (unpaired) electrons. The molecule has 1 unspecified atom stereocenters. The number of carboxylic acids is 1. The Morgan fingerprint density at radius 3 is 2.76 bits per heavy atom. The van der Waals surface area contributed by atoms with Gasteiger partial charge in [-0.15, -0.1) is 0 Å². The third-order valence-corrected chi connectivity index (χ3v) is 2.31. The van der Waals surface area contributed by atoms with Gasteiger partial charge in [-0.2, -0.15) is 0 Å². The van der Waals surface area contributed by atoms with E-state index in [9.17, 15) is 4.79 Å². The zero-order chi connectivity index (χ0) is 12.8. The summed E-state index contributed by atoms with van der Waals surface area (Å²) >= 11 is 0. The zero-order valence-corrected chi connectivity index (χ0v) is 9.97. The molecular weight excluding hydrogens is 222 g/mol. The molecule has 0 saturated carbocycles. The van der Waals surface area contributed by atoms with E-state index in [1.165, 1.54) is 7.11 Å². The van der Waals surface area contributed by atoms with E-state index in [0.717, 1.165) is 0 Å². The smallest absolute Gasteiger partial charge is 0.305 e. The highest BCUT2D eigenvalue weighted by Crippen LogP contribution is 2.35. The predicted octanol–water partition coefficient (Wildman–Crippen LogP) is 1.57. The number of hydrogen-bond acceptors (Lipinski definition) is 4. The molecule has 0 fully saturated rings. The second-order valence-corrected chi connectivity index (χ2v) is 3.52. The van der Waals surface area contributed by atoms with Crippen LogP contribution in [0, 0.1) is 0 Å². The van der Waals surface area contributed by atoms with Crippen LogP contribution >= 0.6 is 0 Å². The third kappa shape index (κ3) is 3.35. The van der Waals surface area contributed by atoms with Gasteiger partial charge in [0, 0.05) is 11.6 Å². The number of carboxylic acid groups (broad SMARTS) is 1. The first-order valence-electron chi connectivity index (χ1n) is 5.37. The largest absolute Gasteiger partial charge is 0.493 e. The van der Waals surface area contributed by atoms with Gasteiger partial charge in [0.05, 0.1) is 20.1 Å². The van der Waals surface area contributed by atoms with Crippen LogP contribution in [0.3, 0.4) is 0 Å². The molecule has 5 nitrogen and oxygen atoms in total. The topological polar surface area (TPSA) is 81.8 Å². The quantitative estimate of drug-likeness (QED) is 0.787. The number of benzene rings is 1. The maximum atomic E-state index is 10.7. The van der Waals surface area contributed by atoms with E-state index in [1.54, 1.807) is 18.2 Å². The van der Waals surface area contributed by atoms with Crippen molar-refractivity contribution in [1.82, 2.24) is 0 Å². The fraction of sp³-hybridized carbons (Fsp3) is 0.417. The Bertz CT molecular complexity index is 392. The summed E-state index contributed by atoms with van der Waals surface area (Å²) < 4.78 is 10.6. The number of nitrogens with two attached hydrogens (primary N) is 1. The summed E-state index contributed by atoms with van der Waals surface area (Å²) in [5.41, 5.74) is 6.48. The second-order valence-electron chi connectivity index (χ2n) is 3.52. The van der Waals surface area contributed by atoms with E-state index in [1.807, 2.05) is 6.92 Å². The first-order valence-corrected chi connectivity index (χ1v) is 5.37. The lowest BCUT2D eigenvalue weighted by molar-refractivity contribution is -0.137. The van der Waals surface area contributed by atoms with Gasteiger partial charge in [-0.1, -0.05) is 12.1 Å². The van der Waals surface area contributed by atoms with Crippen molar-refractivity contribution in [1.29, 1.82) is 0 Å². The molecule has 1 rings (SSSR count). The van der Waals surface area contributed by atoms with Gasteiger partial charge < -0.3 is 20.3 Å². The summed E-state index contributed by atoms with van der Waals surface area (Å²) in [6.45, 7) is 2.31. The summed E-state index contributed by atoms with van der Waals surface area (Å²) in [6, 6.07) is 4.66. The Labute approximate surface area is 100 Å². The number of rotatable bonds is 6. The van der Waals surface area contributed by atoms with Crippen LogP contribution < -0.4 is 15.2 Å². The minimum absolute atomic E-state index is 0.146. The normalized spacial score (nSPS) is 11.9. The number of hydrogen-bond donors (Lipinski definition) is 2. The molecule has 0 aliphatic rings. The Balaban J connectivity index is 3.08. The molecule has 0 aliphatic carbocycles. The highest BCUT2D eigenvalue weighted by atomic mass is 16.5. The molecule has 17 heavy (non-hydrogen) atoms. The minimum Gasteiger partial charge on any atom is -0.493 e. The van der Waals surface area contributed by atoms with Crippen molar-refractivity contribution >= 4 is 5.97 Å². The van der Waals surface area contributed by atoms with Crippen LogP contribution in [-0.2, 0) is 4.79 Å². The van der Waals surface area contributed by atoms with E-state index in [4.69, 9.17) is 20.3 Å². The van der Waals surface area contributed by atoms with E-state index in [-0.39, 0.29) is 6.42 Å². The number of ether oxygens (including phenoxy) is 2. The maximum absolute atomic E-state index is 10.7. The molecule has 5 heteroatoms. The van der Waals surface area contributed by atoms with Crippen molar-refractivity contribution in [3.63, 3.8) is 0 Å². The summed E-state index contributed by atoms with van der Waals surface area (Å²) in [6.07, 6.45) is -0.146. The first-order chi connectivity index (χ1) is 8.10. The average molecular weight is 239 g/mol. The van der Waals surface area contributed by atoms with Crippen LogP contribution in [-0.4, -0.2) is 24.8 Å². The van der Waals surface area contributed by atoms with Gasteiger partial charge in [-0.05, 0) is 13.0 Å². The molecule has 0 aliphatic heterocycles. The zero-order valence-electron chi connectivity index (χ0n) is 9.97. The first kappa shape index (κ1) is 13.3. The van der Waals surface area contributed by atoms with Gasteiger partial charge >= 0.3 is 5.97 Å². The molecule has 94 valence electrons. The molecule has 1 aromatic rings. The van der Waals surface area contributed by atoms with Crippen LogP contribution in [0.4, 0.5) is 0 Å². The summed E-state index contributed by atoms with van der Waals surface area (Å²) in [4.78, 5) is 10.7. The molecule has 0 aromatic heterocycles. The second kappa shape index (κ2) is 6.10. The fourth-order valence-electron chi connectivity index (χ4n) is 1.58. The number of para-hydroxylation sites is 1. The molecule has 0 heterocycles. The monoisotopic (exact) mass is 239 g/mol. The van der Waals surface area contributed by atoms with Crippen molar-refractivity contribution < 1.29 is 19.4 Å². The van der Waals surface area contributed by atoms with Crippen molar-refractivity contribution in [2.75, 3.05) is 13.7 Å². The number of carbonyl (C=O) groups is 1. The Kier molecular flexibility index (Phi) is 4.78. The van der Waals surface area contributed by atoms with E-state index in [2.05, 4.69) is 0 Å². The van der Waals surface area contributed by atoms with Crippen LogP contribution in [0.5, 0.6) is 11.5 Å². The number of methoxy groups -OCH3 is 1. The van der Waals surface area contributed by atoms with Crippen molar-refractivity contribution in [3.8, 4) is 11.5 Å². The minimum atomic E-state index is -0.942. The van der Waals surface area contributed by atoms with Gasteiger partial charge in [0.2, 0.25) is 0 Å². The molecular formula is C12H17NO4. The summed E-state index contributed by atoms with van der Waals surface area (Å²) in [7, 11) is 1.53. The van der Waals surface area contributed by atoms with Crippen molar-refractivity contribution in [2.24, 2.45) is 5.73 Å². The van der Waals surface area contributed by atoms with Crippen molar-refractivity contribution in [2.45, 2.75) is 19.4 Å². The van der Waals surface area contributed by atoms with E-state index >= 15 is 0 Å². The molecule has 3 N–H and O–H groups in total. The van der Waals surface area contributed by atoms with E-state index in [0.29, 0.717) is 23.7 Å². The van der Waals surface area contributed by atoms with Crippen LogP contribution in [0.15, 0.2) is 18.2 Å². The van der Waals surface area contributed by atoms with Gasteiger partial charge in [0.25, 0.3) is 0 Å². The van der Waals surface area contributed by atoms with Gasteiger partial charge in [0.15, 0.2) is 11.5 Å². The molecule has 0 saturated heterocycles. The van der Waals surface area contributed by atoms with Gasteiger partial charge in [0.1, 0.15) is 0 Å². The molecule has 0 amide bonds.